The first kappa shape index (κ1) is 23.7. The Bertz CT molecular complexity index is 1050. The minimum absolute atomic E-state index is 0.0359. The Morgan fingerprint density at radius 2 is 1.94 bits per heavy atom. The maximum atomic E-state index is 13.6. The lowest BCUT2D eigenvalue weighted by Gasteiger charge is -2.65. The van der Waals surface area contributed by atoms with Gasteiger partial charge in [-0.3, -0.25) is 9.69 Å². The molecule has 0 aromatic heterocycles. The molecule has 1 saturated carbocycles. The number of carbonyl (C=O) groups excluding carboxylic acids is 2. The highest BCUT2D eigenvalue weighted by molar-refractivity contribution is 6.32. The number of ether oxygens (including phenoxy) is 3. The van der Waals surface area contributed by atoms with Crippen molar-refractivity contribution in [3.8, 4) is 5.75 Å². The van der Waals surface area contributed by atoms with E-state index in [0.717, 1.165) is 43.6 Å². The van der Waals surface area contributed by atoms with Gasteiger partial charge in [-0.25, -0.2) is 4.79 Å². The smallest absolute Gasteiger partial charge is 0.344 e. The van der Waals surface area contributed by atoms with E-state index in [1.54, 1.807) is 7.11 Å². The van der Waals surface area contributed by atoms with Crippen molar-refractivity contribution in [1.82, 2.24) is 4.90 Å². The maximum Gasteiger partial charge on any atom is 0.344 e. The molecule has 186 valence electrons. The van der Waals surface area contributed by atoms with Gasteiger partial charge in [0, 0.05) is 42.6 Å². The van der Waals surface area contributed by atoms with Gasteiger partial charge in [0.05, 0.1) is 25.3 Å². The van der Waals surface area contributed by atoms with Crippen LogP contribution in [0.5, 0.6) is 5.75 Å². The number of esters is 2. The fourth-order valence-corrected chi connectivity index (χ4v) is 8.45. The zero-order chi connectivity index (χ0) is 24.6. The SMILES string of the molecule is CC[C@]12CCCN3CC[C@@]4(c5cc(Cl)c(OC)cc5N(C)[C@H]4[C@@](O)(C(=O)OC)[C@@H]1OC(C)=O)[C@@H]32. The molecule has 1 spiro atoms. The lowest BCUT2D eigenvalue weighted by atomic mass is 9.46. The van der Waals surface area contributed by atoms with Crippen LogP contribution in [0, 0.1) is 5.41 Å². The van der Waals surface area contributed by atoms with Gasteiger partial charge in [0.25, 0.3) is 0 Å². The number of aliphatic hydroxyl groups is 1. The van der Waals surface area contributed by atoms with Crippen molar-refractivity contribution >= 4 is 29.2 Å². The molecule has 3 fully saturated rings. The molecule has 0 amide bonds. The van der Waals surface area contributed by atoms with Crippen LogP contribution in [-0.2, 0) is 24.5 Å². The molecule has 0 unspecified atom stereocenters. The van der Waals surface area contributed by atoms with E-state index in [9.17, 15) is 14.7 Å². The van der Waals surface area contributed by atoms with Crippen LogP contribution < -0.4 is 9.64 Å². The number of benzene rings is 1. The molecule has 8 nitrogen and oxygen atoms in total. The van der Waals surface area contributed by atoms with Gasteiger partial charge in [-0.15, -0.1) is 0 Å². The predicted molar refractivity (Wildman–Crippen MR) is 126 cm³/mol. The summed E-state index contributed by atoms with van der Waals surface area (Å²) in [5.74, 6) is -0.775. The van der Waals surface area contributed by atoms with Crippen molar-refractivity contribution in [3.63, 3.8) is 0 Å². The lowest BCUT2D eigenvalue weighted by molar-refractivity contribution is -0.242. The summed E-state index contributed by atoms with van der Waals surface area (Å²) in [7, 11) is 4.71. The average molecular weight is 493 g/mol. The maximum absolute atomic E-state index is 13.6. The zero-order valence-electron chi connectivity index (χ0n) is 20.4. The standard InChI is InChI=1S/C25H33ClN2O6/c1-6-23-8-7-10-28-11-9-24(19(23)28)15-12-16(26)18(32-4)13-17(15)27(3)20(24)25(31,22(30)33-5)21(23)34-14(2)29/h12-13,19-21,31H,6-11H2,1-5H3/t19-,20+,21+,23+,24+,25-/m0/s1. The van der Waals surface area contributed by atoms with Crippen molar-refractivity contribution in [2.45, 2.75) is 68.7 Å². The van der Waals surface area contributed by atoms with E-state index < -0.39 is 40.5 Å². The number of carbonyl (C=O) groups is 2. The minimum atomic E-state index is -2.08. The molecule has 2 saturated heterocycles. The highest BCUT2D eigenvalue weighted by Gasteiger charge is 2.80. The number of hydrogen-bond acceptors (Lipinski definition) is 8. The number of rotatable bonds is 4. The van der Waals surface area contributed by atoms with Gasteiger partial charge in [-0.05, 0) is 50.4 Å². The number of hydrogen-bond donors (Lipinski definition) is 1. The largest absolute Gasteiger partial charge is 0.495 e. The van der Waals surface area contributed by atoms with Crippen LogP contribution in [-0.4, -0.2) is 80.1 Å². The Hall–Kier alpha value is -2.03. The summed E-state index contributed by atoms with van der Waals surface area (Å²) in [6.07, 6.45) is 1.97. The first-order valence-electron chi connectivity index (χ1n) is 12.0. The molecule has 0 bridgehead atoms. The molecule has 3 aliphatic heterocycles. The molecule has 1 N–H and O–H groups in total. The molecule has 34 heavy (non-hydrogen) atoms. The second kappa shape index (κ2) is 7.73. The summed E-state index contributed by atoms with van der Waals surface area (Å²) in [5, 5.41) is 13.0. The van der Waals surface area contributed by atoms with E-state index in [-0.39, 0.29) is 6.04 Å². The first-order valence-corrected chi connectivity index (χ1v) is 12.3. The van der Waals surface area contributed by atoms with Crippen LogP contribution in [0.2, 0.25) is 5.02 Å². The molecule has 1 aromatic rings. The topological polar surface area (TPSA) is 88.5 Å². The van der Waals surface area contributed by atoms with Crippen molar-refractivity contribution in [2.75, 3.05) is 39.3 Å². The van der Waals surface area contributed by atoms with Crippen molar-refractivity contribution in [2.24, 2.45) is 5.41 Å². The van der Waals surface area contributed by atoms with Crippen LogP contribution in [0.15, 0.2) is 12.1 Å². The number of halogens is 1. The third-order valence-electron chi connectivity index (χ3n) is 9.12. The Labute approximate surface area is 205 Å². The monoisotopic (exact) mass is 492 g/mol. The number of piperidine rings is 1. The zero-order valence-corrected chi connectivity index (χ0v) is 21.1. The molecular weight excluding hydrogens is 460 g/mol. The molecule has 6 atom stereocenters. The van der Waals surface area contributed by atoms with E-state index in [0.29, 0.717) is 17.2 Å². The van der Waals surface area contributed by atoms with Gasteiger partial charge < -0.3 is 24.2 Å². The van der Waals surface area contributed by atoms with E-state index >= 15 is 0 Å². The summed E-state index contributed by atoms with van der Waals surface area (Å²) < 4.78 is 16.7. The van der Waals surface area contributed by atoms with Crippen molar-refractivity contribution in [1.29, 1.82) is 0 Å². The Balaban J connectivity index is 1.86. The first-order chi connectivity index (χ1) is 16.1. The van der Waals surface area contributed by atoms with Crippen LogP contribution in [0.4, 0.5) is 5.69 Å². The van der Waals surface area contributed by atoms with Crippen LogP contribution >= 0.6 is 11.6 Å². The summed E-state index contributed by atoms with van der Waals surface area (Å²) in [4.78, 5) is 30.4. The Morgan fingerprint density at radius 3 is 2.56 bits per heavy atom. The van der Waals surface area contributed by atoms with Gasteiger partial charge in [-0.1, -0.05) is 18.5 Å². The van der Waals surface area contributed by atoms with Gasteiger partial charge >= 0.3 is 11.9 Å². The second-order valence-electron chi connectivity index (χ2n) is 10.2. The summed E-state index contributed by atoms with van der Waals surface area (Å²) in [6.45, 7) is 5.14. The molecule has 4 aliphatic rings. The van der Waals surface area contributed by atoms with E-state index in [4.69, 9.17) is 25.8 Å². The van der Waals surface area contributed by atoms with E-state index in [2.05, 4.69) is 11.8 Å². The fraction of sp³-hybridized carbons (Fsp3) is 0.680. The Kier molecular flexibility index (Phi) is 5.39. The van der Waals surface area contributed by atoms with Crippen LogP contribution in [0.25, 0.3) is 0 Å². The highest BCUT2D eigenvalue weighted by Crippen LogP contribution is 2.68. The van der Waals surface area contributed by atoms with Crippen LogP contribution in [0.3, 0.4) is 0 Å². The van der Waals surface area contributed by atoms with Crippen molar-refractivity contribution in [3.05, 3.63) is 22.7 Å². The van der Waals surface area contributed by atoms with Gasteiger partial charge in [0.1, 0.15) is 5.75 Å². The molecule has 9 heteroatoms. The Morgan fingerprint density at radius 1 is 1.21 bits per heavy atom. The molecule has 1 aromatic carbocycles. The summed E-state index contributed by atoms with van der Waals surface area (Å²) >= 11 is 6.64. The molecule has 3 heterocycles. The highest BCUT2D eigenvalue weighted by atomic mass is 35.5. The van der Waals surface area contributed by atoms with Gasteiger partial charge in [0.15, 0.2) is 6.10 Å². The van der Waals surface area contributed by atoms with Gasteiger partial charge in [-0.2, -0.15) is 0 Å². The number of anilines is 1. The molecular formula is C25H33ClN2O6. The summed E-state index contributed by atoms with van der Waals surface area (Å²) in [6, 6.07) is 3.07. The van der Waals surface area contributed by atoms with E-state index in [1.807, 2.05) is 24.1 Å². The fourth-order valence-electron chi connectivity index (χ4n) is 8.20. The third-order valence-corrected chi connectivity index (χ3v) is 9.41. The van der Waals surface area contributed by atoms with E-state index in [1.165, 1.54) is 14.0 Å². The van der Waals surface area contributed by atoms with Crippen LogP contribution in [0.1, 0.15) is 45.1 Å². The van der Waals surface area contributed by atoms with Gasteiger partial charge in [0.2, 0.25) is 5.60 Å². The quantitative estimate of drug-likeness (QED) is 0.641. The molecule has 0 radical (unpaired) electrons. The average Bonchev–Trinajstić information content (AvgIpc) is 3.32. The normalized spacial score (nSPS) is 38.1. The predicted octanol–water partition coefficient (Wildman–Crippen LogP) is 2.52. The second-order valence-corrected chi connectivity index (χ2v) is 10.7. The number of methoxy groups -OCH3 is 2. The van der Waals surface area contributed by atoms with Crippen molar-refractivity contribution < 1.29 is 28.9 Å². The molecule has 5 rings (SSSR count). The summed E-state index contributed by atoms with van der Waals surface area (Å²) in [5.41, 5.74) is -1.45. The lowest BCUT2D eigenvalue weighted by Crippen LogP contribution is -2.82. The number of nitrogens with zero attached hydrogens (tertiary/aromatic N) is 2. The number of likely N-dealkylation sites (N-methyl/N-ethyl adjacent to an activating group) is 1. The minimum Gasteiger partial charge on any atom is -0.495 e. The number of fused-ring (bicyclic) bond motifs is 1. The third kappa shape index (κ3) is 2.62. The molecule has 1 aliphatic carbocycles.